The lowest BCUT2D eigenvalue weighted by Crippen LogP contribution is -2.37. The summed E-state index contributed by atoms with van der Waals surface area (Å²) < 4.78 is 0. The number of carbonyl (C=O) groups is 2. The maximum Gasteiger partial charge on any atom is 0.323 e. The van der Waals surface area contributed by atoms with Crippen LogP contribution < -0.4 is 0 Å². The van der Waals surface area contributed by atoms with E-state index in [-0.39, 0.29) is 18.4 Å². The van der Waals surface area contributed by atoms with E-state index in [1.807, 2.05) is 20.8 Å². The average molecular weight is 201 g/mol. The Morgan fingerprint density at radius 1 is 1.36 bits per heavy atom. The highest BCUT2D eigenvalue weighted by Crippen LogP contribution is 2.16. The molecular weight excluding hydrogens is 182 g/mol. The smallest absolute Gasteiger partial charge is 0.323 e. The molecule has 1 N–H and O–H groups in total. The van der Waals surface area contributed by atoms with E-state index in [0.29, 0.717) is 5.92 Å². The van der Waals surface area contributed by atoms with Gasteiger partial charge in [-0.15, -0.1) is 0 Å². The van der Waals surface area contributed by atoms with Gasteiger partial charge in [0.25, 0.3) is 0 Å². The summed E-state index contributed by atoms with van der Waals surface area (Å²) in [4.78, 5) is 23.3. The fourth-order valence-electron chi connectivity index (χ4n) is 1.23. The Labute approximate surface area is 84.9 Å². The van der Waals surface area contributed by atoms with Crippen LogP contribution >= 0.6 is 0 Å². The topological polar surface area (TPSA) is 57.6 Å². The van der Waals surface area contributed by atoms with Gasteiger partial charge in [0, 0.05) is 13.0 Å². The zero-order valence-electron chi connectivity index (χ0n) is 9.28. The molecule has 0 aromatic carbocycles. The number of hydrogen-bond donors (Lipinski definition) is 1. The SMILES string of the molecule is CCC(C)C(C)C(=O)N(C)CC(=O)O. The van der Waals surface area contributed by atoms with Gasteiger partial charge in [-0.25, -0.2) is 0 Å². The van der Waals surface area contributed by atoms with Crippen LogP contribution in [0.2, 0.25) is 0 Å². The van der Waals surface area contributed by atoms with E-state index in [4.69, 9.17) is 5.11 Å². The number of carbonyl (C=O) groups excluding carboxylic acids is 1. The van der Waals surface area contributed by atoms with Crippen molar-refractivity contribution in [1.29, 1.82) is 0 Å². The van der Waals surface area contributed by atoms with Crippen molar-refractivity contribution in [2.45, 2.75) is 27.2 Å². The summed E-state index contributed by atoms with van der Waals surface area (Å²) in [5.74, 6) is -0.887. The molecule has 0 spiro atoms. The first-order chi connectivity index (χ1) is 6.40. The van der Waals surface area contributed by atoms with E-state index in [0.717, 1.165) is 6.42 Å². The molecule has 0 aliphatic carbocycles. The fourth-order valence-corrected chi connectivity index (χ4v) is 1.23. The van der Waals surface area contributed by atoms with E-state index in [2.05, 4.69) is 0 Å². The van der Waals surface area contributed by atoms with Crippen LogP contribution in [0.1, 0.15) is 27.2 Å². The summed E-state index contributed by atoms with van der Waals surface area (Å²) in [5.41, 5.74) is 0. The van der Waals surface area contributed by atoms with Crippen LogP contribution in [0, 0.1) is 11.8 Å². The molecule has 2 atom stereocenters. The molecule has 4 nitrogen and oxygen atoms in total. The summed E-state index contributed by atoms with van der Waals surface area (Å²) in [6.45, 7) is 5.64. The lowest BCUT2D eigenvalue weighted by Gasteiger charge is -2.23. The molecule has 2 unspecified atom stereocenters. The van der Waals surface area contributed by atoms with Crippen LogP contribution in [0.4, 0.5) is 0 Å². The van der Waals surface area contributed by atoms with Gasteiger partial charge in [0.15, 0.2) is 0 Å². The first kappa shape index (κ1) is 12.9. The van der Waals surface area contributed by atoms with Crippen LogP contribution in [-0.4, -0.2) is 35.5 Å². The Hall–Kier alpha value is -1.06. The van der Waals surface area contributed by atoms with Gasteiger partial charge in [-0.2, -0.15) is 0 Å². The Balaban J connectivity index is 4.23. The summed E-state index contributed by atoms with van der Waals surface area (Å²) in [6, 6.07) is 0. The van der Waals surface area contributed by atoms with Crippen LogP contribution in [0.15, 0.2) is 0 Å². The molecule has 1 amide bonds. The highest BCUT2D eigenvalue weighted by atomic mass is 16.4. The van der Waals surface area contributed by atoms with Crippen molar-refractivity contribution >= 4 is 11.9 Å². The third-order valence-corrected chi connectivity index (χ3v) is 2.64. The van der Waals surface area contributed by atoms with Gasteiger partial charge < -0.3 is 10.0 Å². The van der Waals surface area contributed by atoms with E-state index < -0.39 is 5.97 Å². The summed E-state index contributed by atoms with van der Waals surface area (Å²) >= 11 is 0. The van der Waals surface area contributed by atoms with Gasteiger partial charge in [0.1, 0.15) is 6.54 Å². The molecule has 0 fully saturated rings. The number of carboxylic acids is 1. The molecule has 0 bridgehead atoms. The first-order valence-electron chi connectivity index (χ1n) is 4.86. The van der Waals surface area contributed by atoms with E-state index in [1.165, 1.54) is 11.9 Å². The fraction of sp³-hybridized carbons (Fsp3) is 0.800. The van der Waals surface area contributed by atoms with Crippen molar-refractivity contribution in [2.24, 2.45) is 11.8 Å². The van der Waals surface area contributed by atoms with Crippen molar-refractivity contribution < 1.29 is 14.7 Å². The second-order valence-electron chi connectivity index (χ2n) is 3.76. The molecule has 4 heteroatoms. The van der Waals surface area contributed by atoms with Gasteiger partial charge in [-0.05, 0) is 5.92 Å². The number of amides is 1. The van der Waals surface area contributed by atoms with Gasteiger partial charge >= 0.3 is 5.97 Å². The molecule has 0 aliphatic heterocycles. The maximum atomic E-state index is 11.6. The third kappa shape index (κ3) is 3.77. The monoisotopic (exact) mass is 201 g/mol. The van der Waals surface area contributed by atoms with Crippen LogP contribution in [0.5, 0.6) is 0 Å². The largest absolute Gasteiger partial charge is 0.480 e. The summed E-state index contributed by atoms with van der Waals surface area (Å²) in [7, 11) is 1.52. The predicted octanol–water partition coefficient (Wildman–Crippen LogP) is 1.21. The molecule has 0 aliphatic rings. The van der Waals surface area contributed by atoms with Crippen LogP contribution in [0.25, 0.3) is 0 Å². The van der Waals surface area contributed by atoms with Crippen LogP contribution in [-0.2, 0) is 9.59 Å². The molecule has 14 heavy (non-hydrogen) atoms. The second-order valence-corrected chi connectivity index (χ2v) is 3.76. The zero-order valence-corrected chi connectivity index (χ0v) is 9.28. The average Bonchev–Trinajstić information content (AvgIpc) is 2.13. The van der Waals surface area contributed by atoms with Crippen molar-refractivity contribution in [3.8, 4) is 0 Å². The molecule has 0 rings (SSSR count). The normalized spacial score (nSPS) is 14.6. The molecule has 0 aromatic heterocycles. The van der Waals surface area contributed by atoms with E-state index >= 15 is 0 Å². The molecule has 0 saturated carbocycles. The Morgan fingerprint density at radius 3 is 2.21 bits per heavy atom. The van der Waals surface area contributed by atoms with E-state index in [9.17, 15) is 9.59 Å². The van der Waals surface area contributed by atoms with Crippen LogP contribution in [0.3, 0.4) is 0 Å². The number of likely N-dealkylation sites (N-methyl/N-ethyl adjacent to an activating group) is 1. The van der Waals surface area contributed by atoms with Gasteiger partial charge in [0.05, 0.1) is 0 Å². The number of aliphatic carboxylic acids is 1. The standard InChI is InChI=1S/C10H19NO3/c1-5-7(2)8(3)10(14)11(4)6-9(12)13/h7-8H,5-6H2,1-4H3,(H,12,13). The van der Waals surface area contributed by atoms with Crippen molar-refractivity contribution in [2.75, 3.05) is 13.6 Å². The second kappa shape index (κ2) is 5.62. The molecule has 0 saturated heterocycles. The summed E-state index contributed by atoms with van der Waals surface area (Å²) in [5, 5.41) is 8.52. The number of rotatable bonds is 5. The molecule has 0 heterocycles. The Morgan fingerprint density at radius 2 is 1.86 bits per heavy atom. The first-order valence-corrected chi connectivity index (χ1v) is 4.86. The molecule has 0 aromatic rings. The van der Waals surface area contributed by atoms with Gasteiger partial charge in [0.2, 0.25) is 5.91 Å². The minimum absolute atomic E-state index is 0.0956. The number of carboxylic acid groups (broad SMARTS) is 1. The minimum atomic E-state index is -0.975. The molecule has 82 valence electrons. The zero-order chi connectivity index (χ0) is 11.3. The van der Waals surface area contributed by atoms with Crippen molar-refractivity contribution in [1.82, 2.24) is 4.90 Å². The van der Waals surface area contributed by atoms with E-state index in [1.54, 1.807) is 0 Å². The highest BCUT2D eigenvalue weighted by Gasteiger charge is 2.22. The Kier molecular flexibility index (Phi) is 5.20. The van der Waals surface area contributed by atoms with Gasteiger partial charge in [-0.1, -0.05) is 27.2 Å². The minimum Gasteiger partial charge on any atom is -0.480 e. The lowest BCUT2D eigenvalue weighted by molar-refractivity contribution is -0.145. The molecule has 0 radical (unpaired) electrons. The maximum absolute atomic E-state index is 11.6. The molecular formula is C10H19NO3. The summed E-state index contributed by atoms with van der Waals surface area (Å²) in [6.07, 6.45) is 0.924. The Bertz CT molecular complexity index is 215. The number of nitrogens with zero attached hydrogens (tertiary/aromatic N) is 1. The quantitative estimate of drug-likeness (QED) is 0.727. The van der Waals surface area contributed by atoms with Crippen molar-refractivity contribution in [3.05, 3.63) is 0 Å². The van der Waals surface area contributed by atoms with Gasteiger partial charge in [-0.3, -0.25) is 9.59 Å². The van der Waals surface area contributed by atoms with Crippen molar-refractivity contribution in [3.63, 3.8) is 0 Å². The lowest BCUT2D eigenvalue weighted by atomic mass is 9.92. The predicted molar refractivity (Wildman–Crippen MR) is 53.9 cm³/mol. The highest BCUT2D eigenvalue weighted by molar-refractivity contribution is 5.82. The third-order valence-electron chi connectivity index (χ3n) is 2.64. The number of hydrogen-bond acceptors (Lipinski definition) is 2.